The molecule has 2 rings (SSSR count). The van der Waals surface area contributed by atoms with Gasteiger partial charge >= 0.3 is 29.6 Å². The maximum atomic E-state index is 11.5. The van der Waals surface area contributed by atoms with Crippen molar-refractivity contribution >= 4 is 11.9 Å². The van der Waals surface area contributed by atoms with Gasteiger partial charge in [0.25, 0.3) is 0 Å². The summed E-state index contributed by atoms with van der Waals surface area (Å²) >= 11 is 0. The fourth-order valence-corrected chi connectivity index (χ4v) is 3.21. The minimum Gasteiger partial charge on any atom is -0.547 e. The molecule has 0 radical (unpaired) electrons. The van der Waals surface area contributed by atoms with E-state index in [4.69, 9.17) is 18.9 Å². The number of rotatable bonds is 6. The predicted octanol–water partition coefficient (Wildman–Crippen LogP) is -8.84. The molecule has 1 amide bonds. The molecule has 10 atom stereocenters. The van der Waals surface area contributed by atoms with E-state index in [1.165, 1.54) is 7.11 Å². The molecule has 13 nitrogen and oxygen atoms in total. The van der Waals surface area contributed by atoms with Gasteiger partial charge in [0.1, 0.15) is 48.8 Å². The van der Waals surface area contributed by atoms with Crippen LogP contribution >= 0.6 is 0 Å². The fourth-order valence-electron chi connectivity index (χ4n) is 3.21. The van der Waals surface area contributed by atoms with Crippen molar-refractivity contribution in [3.63, 3.8) is 0 Å². The summed E-state index contributed by atoms with van der Waals surface area (Å²) in [6.07, 6.45) is -14.8. The number of hydrogen-bond donors (Lipinski definition) is 6. The van der Waals surface area contributed by atoms with E-state index in [-0.39, 0.29) is 29.6 Å². The summed E-state index contributed by atoms with van der Waals surface area (Å²) in [5, 5.41) is 63.0. The number of hydrogen-bond acceptors (Lipinski definition) is 12. The van der Waals surface area contributed by atoms with Gasteiger partial charge in [0, 0.05) is 14.0 Å². The van der Waals surface area contributed by atoms with E-state index in [1.54, 1.807) is 0 Å². The Hall–Kier alpha value is -0.420. The van der Waals surface area contributed by atoms with E-state index >= 15 is 0 Å². The Bertz CT molecular complexity index is 567. The molecule has 0 aliphatic carbocycles. The molecule has 162 valence electrons. The normalized spacial score (nSPS) is 42.6. The van der Waals surface area contributed by atoms with Crippen LogP contribution in [0.3, 0.4) is 0 Å². The molecule has 0 aromatic rings. The molecular formula is C15H24NNaO12. The molecule has 29 heavy (non-hydrogen) atoms. The second-order valence-corrected chi connectivity index (χ2v) is 6.49. The Labute approximate surface area is 187 Å². The van der Waals surface area contributed by atoms with Gasteiger partial charge in [0.15, 0.2) is 12.6 Å². The SMILES string of the molecule is COC1C(CO)OC(OC2C(C(=O)[O-])OC(O)C(O)C2O)C(NC(C)=O)C1O.[Na+]. The summed E-state index contributed by atoms with van der Waals surface area (Å²) in [6, 6.07) is -1.29. The molecule has 14 heteroatoms. The fraction of sp³-hybridized carbons (Fsp3) is 0.867. The number of carboxylic acid groups (broad SMARTS) is 1. The molecule has 2 saturated heterocycles. The van der Waals surface area contributed by atoms with Crippen LogP contribution in [0.1, 0.15) is 6.92 Å². The van der Waals surface area contributed by atoms with Crippen molar-refractivity contribution in [3.8, 4) is 0 Å². The number of aliphatic hydroxyl groups excluding tert-OH is 5. The maximum Gasteiger partial charge on any atom is 1.00 e. The summed E-state index contributed by atoms with van der Waals surface area (Å²) < 4.78 is 20.7. The van der Waals surface area contributed by atoms with Gasteiger partial charge in [-0.25, -0.2) is 0 Å². The van der Waals surface area contributed by atoms with Crippen molar-refractivity contribution in [2.75, 3.05) is 13.7 Å². The first-order valence-electron chi connectivity index (χ1n) is 8.42. The molecule has 2 fully saturated rings. The van der Waals surface area contributed by atoms with Gasteiger partial charge in [-0.15, -0.1) is 0 Å². The quantitative estimate of drug-likeness (QED) is 0.216. The van der Waals surface area contributed by atoms with E-state index in [9.17, 15) is 40.2 Å². The van der Waals surface area contributed by atoms with Crippen LogP contribution in [0, 0.1) is 0 Å². The summed E-state index contributed by atoms with van der Waals surface area (Å²) in [6.45, 7) is 0.531. The topological polar surface area (TPSA) is 207 Å². The van der Waals surface area contributed by atoms with Crippen LogP contribution in [-0.4, -0.2) is 112 Å². The first-order valence-corrected chi connectivity index (χ1v) is 8.42. The van der Waals surface area contributed by atoms with Gasteiger partial charge < -0.3 is 59.7 Å². The third kappa shape index (κ3) is 5.84. The maximum absolute atomic E-state index is 11.5. The zero-order valence-electron chi connectivity index (χ0n) is 16.1. The molecule has 6 N–H and O–H groups in total. The van der Waals surface area contributed by atoms with E-state index in [1.807, 2.05) is 0 Å². The molecule has 0 spiro atoms. The van der Waals surface area contributed by atoms with E-state index in [2.05, 4.69) is 5.32 Å². The van der Waals surface area contributed by atoms with Crippen molar-refractivity contribution < 1.29 is 88.7 Å². The Kier molecular flexibility index (Phi) is 10.3. The monoisotopic (exact) mass is 433 g/mol. The van der Waals surface area contributed by atoms with Crippen LogP contribution in [0.25, 0.3) is 0 Å². The first kappa shape index (κ1) is 26.6. The van der Waals surface area contributed by atoms with E-state index < -0.39 is 79.8 Å². The minimum atomic E-state index is -2.01. The number of aliphatic carboxylic acids is 1. The molecule has 0 saturated carbocycles. The van der Waals surface area contributed by atoms with E-state index in [0.717, 1.165) is 6.92 Å². The second-order valence-electron chi connectivity index (χ2n) is 6.49. The molecule has 2 heterocycles. The van der Waals surface area contributed by atoms with Crippen LogP contribution in [0.5, 0.6) is 0 Å². The van der Waals surface area contributed by atoms with Gasteiger partial charge in [0.2, 0.25) is 5.91 Å². The molecule has 0 bridgehead atoms. The average molecular weight is 433 g/mol. The minimum absolute atomic E-state index is 0. The number of nitrogens with one attached hydrogen (secondary N) is 1. The van der Waals surface area contributed by atoms with Gasteiger partial charge in [-0.3, -0.25) is 4.79 Å². The number of methoxy groups -OCH3 is 1. The molecule has 2 aliphatic heterocycles. The smallest absolute Gasteiger partial charge is 0.547 e. The zero-order valence-corrected chi connectivity index (χ0v) is 18.1. The van der Waals surface area contributed by atoms with Crippen LogP contribution < -0.4 is 40.0 Å². The number of carbonyl (C=O) groups is 2. The third-order valence-electron chi connectivity index (χ3n) is 4.58. The Morgan fingerprint density at radius 2 is 1.69 bits per heavy atom. The van der Waals surface area contributed by atoms with Crippen molar-refractivity contribution in [3.05, 3.63) is 0 Å². The molecule has 0 aromatic carbocycles. The summed E-state index contributed by atoms with van der Waals surface area (Å²) in [7, 11) is 1.24. The molecular weight excluding hydrogens is 409 g/mol. The van der Waals surface area contributed by atoms with Crippen LogP contribution in [0.2, 0.25) is 0 Å². The zero-order chi connectivity index (χ0) is 21.2. The van der Waals surface area contributed by atoms with Crippen molar-refractivity contribution in [2.45, 2.75) is 68.3 Å². The van der Waals surface area contributed by atoms with Crippen molar-refractivity contribution in [1.82, 2.24) is 5.32 Å². The van der Waals surface area contributed by atoms with Gasteiger partial charge in [0.05, 0.1) is 12.6 Å². The van der Waals surface area contributed by atoms with Crippen LogP contribution in [-0.2, 0) is 28.5 Å². The number of carbonyl (C=O) groups excluding carboxylic acids is 2. The summed E-state index contributed by atoms with van der Waals surface area (Å²) in [5.41, 5.74) is 0. The standard InChI is InChI=1S/C15H25NO12.Na/c1-4(18)16-6-7(19)10(25-2)5(3-17)26-15(6)28-11-8(20)9(21)14(24)27-12(11)13(22)23;/h5-12,14-15,17,19-21,24H,3H2,1-2H3,(H,16,18)(H,22,23);/q;+1/p-1. The number of carboxylic acids is 1. The molecule has 2 aliphatic rings. The number of ether oxygens (including phenoxy) is 4. The van der Waals surface area contributed by atoms with Crippen LogP contribution in [0.4, 0.5) is 0 Å². The van der Waals surface area contributed by atoms with Crippen LogP contribution in [0.15, 0.2) is 0 Å². The largest absolute Gasteiger partial charge is 1.00 e. The Balaban J connectivity index is 0.00000420. The van der Waals surface area contributed by atoms with Gasteiger partial charge in [-0.2, -0.15) is 0 Å². The predicted molar refractivity (Wildman–Crippen MR) is 82.9 cm³/mol. The molecule has 10 unspecified atom stereocenters. The van der Waals surface area contributed by atoms with E-state index in [0.29, 0.717) is 0 Å². The second kappa shape index (κ2) is 11.3. The summed E-state index contributed by atoms with van der Waals surface area (Å²) in [5.74, 6) is -2.44. The van der Waals surface area contributed by atoms with Crippen molar-refractivity contribution in [1.29, 1.82) is 0 Å². The molecule has 0 aromatic heterocycles. The first-order chi connectivity index (χ1) is 13.1. The van der Waals surface area contributed by atoms with Gasteiger partial charge in [-0.1, -0.05) is 0 Å². The average Bonchev–Trinajstić information content (AvgIpc) is 2.63. The number of amides is 1. The Morgan fingerprint density at radius 1 is 1.07 bits per heavy atom. The van der Waals surface area contributed by atoms with Crippen molar-refractivity contribution in [2.24, 2.45) is 0 Å². The number of aliphatic hydroxyl groups is 5. The summed E-state index contributed by atoms with van der Waals surface area (Å²) in [4.78, 5) is 22.8. The Morgan fingerprint density at radius 3 is 2.17 bits per heavy atom. The van der Waals surface area contributed by atoms with Gasteiger partial charge in [-0.05, 0) is 0 Å². The third-order valence-corrected chi connectivity index (χ3v) is 4.58.